The van der Waals surface area contributed by atoms with Crippen molar-refractivity contribution in [3.63, 3.8) is 0 Å². The molecule has 0 spiro atoms. The summed E-state index contributed by atoms with van der Waals surface area (Å²) in [5.74, 6) is 1.15. The molecule has 6 heteroatoms. The van der Waals surface area contributed by atoms with E-state index in [1.807, 2.05) is 6.07 Å². The molecule has 0 saturated carbocycles. The van der Waals surface area contributed by atoms with E-state index in [1.54, 1.807) is 12.1 Å². The van der Waals surface area contributed by atoms with Crippen LogP contribution in [0.4, 0.5) is 0 Å². The fourth-order valence-corrected chi connectivity index (χ4v) is 1.39. The Labute approximate surface area is 99.3 Å². The highest BCUT2D eigenvalue weighted by Gasteiger charge is 2.02. The Balaban J connectivity index is 2.02. The molecule has 2 aromatic rings. The maximum absolute atomic E-state index is 5.90. The number of benzene rings is 1. The van der Waals surface area contributed by atoms with Crippen LogP contribution in [-0.4, -0.2) is 10.1 Å². The molecular formula is C9H6BrClN2O2. The SMILES string of the molecule is Clc1cc(OCc2ncon2)ccc1Br. The van der Waals surface area contributed by atoms with Gasteiger partial charge in [-0.1, -0.05) is 16.8 Å². The molecule has 0 saturated heterocycles. The van der Waals surface area contributed by atoms with Gasteiger partial charge in [0, 0.05) is 4.47 Å². The van der Waals surface area contributed by atoms with Gasteiger partial charge in [-0.2, -0.15) is 4.98 Å². The highest BCUT2D eigenvalue weighted by Crippen LogP contribution is 2.26. The van der Waals surface area contributed by atoms with Gasteiger partial charge in [-0.15, -0.1) is 0 Å². The van der Waals surface area contributed by atoms with Crippen molar-refractivity contribution in [2.24, 2.45) is 0 Å². The van der Waals surface area contributed by atoms with E-state index in [1.165, 1.54) is 6.39 Å². The maximum atomic E-state index is 5.90. The molecule has 0 unspecified atom stereocenters. The zero-order chi connectivity index (χ0) is 10.7. The van der Waals surface area contributed by atoms with E-state index in [9.17, 15) is 0 Å². The fraction of sp³-hybridized carbons (Fsp3) is 0.111. The number of nitrogens with zero attached hydrogens (tertiary/aromatic N) is 2. The number of hydrogen-bond donors (Lipinski definition) is 0. The van der Waals surface area contributed by atoms with Crippen molar-refractivity contribution in [2.45, 2.75) is 6.61 Å². The van der Waals surface area contributed by atoms with Crippen LogP contribution in [0.15, 0.2) is 33.6 Å². The second kappa shape index (κ2) is 4.63. The molecule has 0 aliphatic carbocycles. The topological polar surface area (TPSA) is 48.2 Å². The first-order valence-corrected chi connectivity index (χ1v) is 5.26. The Morgan fingerprint density at radius 1 is 1.47 bits per heavy atom. The fourth-order valence-electron chi connectivity index (χ4n) is 0.971. The largest absolute Gasteiger partial charge is 0.485 e. The average molecular weight is 290 g/mol. The van der Waals surface area contributed by atoms with Crippen LogP contribution in [0.3, 0.4) is 0 Å². The summed E-state index contributed by atoms with van der Waals surface area (Å²) in [6, 6.07) is 5.33. The van der Waals surface area contributed by atoms with Gasteiger partial charge < -0.3 is 9.26 Å². The monoisotopic (exact) mass is 288 g/mol. The molecule has 0 fully saturated rings. The lowest BCUT2D eigenvalue weighted by Gasteiger charge is -2.04. The van der Waals surface area contributed by atoms with Crippen LogP contribution < -0.4 is 4.74 Å². The number of ether oxygens (including phenoxy) is 1. The van der Waals surface area contributed by atoms with Crippen LogP contribution in [0.5, 0.6) is 5.75 Å². The van der Waals surface area contributed by atoms with Crippen molar-refractivity contribution < 1.29 is 9.26 Å². The van der Waals surface area contributed by atoms with Crippen LogP contribution >= 0.6 is 27.5 Å². The smallest absolute Gasteiger partial charge is 0.213 e. The highest BCUT2D eigenvalue weighted by atomic mass is 79.9. The Morgan fingerprint density at radius 3 is 3.00 bits per heavy atom. The molecule has 0 amide bonds. The molecular weight excluding hydrogens is 283 g/mol. The molecule has 0 N–H and O–H groups in total. The lowest BCUT2D eigenvalue weighted by Crippen LogP contribution is -1.97. The van der Waals surface area contributed by atoms with Crippen molar-refractivity contribution >= 4 is 27.5 Å². The summed E-state index contributed by atoms with van der Waals surface area (Å²) in [5, 5.41) is 4.22. The molecule has 0 aliphatic rings. The molecule has 0 bridgehead atoms. The first kappa shape index (κ1) is 10.4. The predicted molar refractivity (Wildman–Crippen MR) is 57.8 cm³/mol. The molecule has 0 aliphatic heterocycles. The number of halogens is 2. The molecule has 2 rings (SSSR count). The van der Waals surface area contributed by atoms with Gasteiger partial charge >= 0.3 is 0 Å². The Bertz CT molecular complexity index is 447. The van der Waals surface area contributed by atoms with Crippen molar-refractivity contribution in [1.82, 2.24) is 10.1 Å². The summed E-state index contributed by atoms with van der Waals surface area (Å²) in [6.07, 6.45) is 1.26. The second-order valence-electron chi connectivity index (χ2n) is 2.71. The summed E-state index contributed by atoms with van der Waals surface area (Å²) < 4.78 is 10.8. The summed E-state index contributed by atoms with van der Waals surface area (Å²) in [4.78, 5) is 3.83. The zero-order valence-corrected chi connectivity index (χ0v) is 9.83. The Morgan fingerprint density at radius 2 is 2.33 bits per heavy atom. The highest BCUT2D eigenvalue weighted by molar-refractivity contribution is 9.10. The summed E-state index contributed by atoms with van der Waals surface area (Å²) in [6.45, 7) is 0.258. The minimum Gasteiger partial charge on any atom is -0.485 e. The number of hydrogen-bond acceptors (Lipinski definition) is 4. The van der Waals surface area contributed by atoms with Gasteiger partial charge in [0.2, 0.25) is 12.2 Å². The second-order valence-corrected chi connectivity index (χ2v) is 3.97. The van der Waals surface area contributed by atoms with Crippen LogP contribution in [-0.2, 0) is 6.61 Å². The lowest BCUT2D eigenvalue weighted by atomic mass is 10.3. The van der Waals surface area contributed by atoms with Gasteiger partial charge in [0.25, 0.3) is 0 Å². The van der Waals surface area contributed by atoms with E-state index in [2.05, 4.69) is 30.6 Å². The molecule has 15 heavy (non-hydrogen) atoms. The quantitative estimate of drug-likeness (QED) is 0.871. The first-order valence-electron chi connectivity index (χ1n) is 4.09. The van der Waals surface area contributed by atoms with Gasteiger partial charge in [0.05, 0.1) is 5.02 Å². The van der Waals surface area contributed by atoms with E-state index in [4.69, 9.17) is 16.3 Å². The third-order valence-electron chi connectivity index (χ3n) is 1.67. The van der Waals surface area contributed by atoms with E-state index >= 15 is 0 Å². The molecule has 0 atom stereocenters. The molecule has 1 aromatic heterocycles. The summed E-state index contributed by atoms with van der Waals surface area (Å²) in [7, 11) is 0. The van der Waals surface area contributed by atoms with Gasteiger partial charge in [0.1, 0.15) is 5.75 Å². The molecule has 4 nitrogen and oxygen atoms in total. The third-order valence-corrected chi connectivity index (χ3v) is 2.90. The van der Waals surface area contributed by atoms with Gasteiger partial charge in [-0.3, -0.25) is 0 Å². The third kappa shape index (κ3) is 2.70. The zero-order valence-electron chi connectivity index (χ0n) is 7.48. The minimum atomic E-state index is 0.258. The van der Waals surface area contributed by atoms with E-state index < -0.39 is 0 Å². The Hall–Kier alpha value is -1.07. The molecule has 0 radical (unpaired) electrons. The van der Waals surface area contributed by atoms with E-state index in [0.717, 1.165) is 4.47 Å². The predicted octanol–water partition coefficient (Wildman–Crippen LogP) is 3.06. The van der Waals surface area contributed by atoms with Crippen molar-refractivity contribution in [3.05, 3.63) is 39.9 Å². The molecule has 1 aromatic carbocycles. The summed E-state index contributed by atoms with van der Waals surface area (Å²) in [5.41, 5.74) is 0. The van der Waals surface area contributed by atoms with Gasteiger partial charge in [-0.05, 0) is 34.1 Å². The van der Waals surface area contributed by atoms with Crippen LogP contribution in [0.2, 0.25) is 5.02 Å². The average Bonchev–Trinajstić information content (AvgIpc) is 2.73. The number of aromatic nitrogens is 2. The van der Waals surface area contributed by atoms with E-state index in [0.29, 0.717) is 16.6 Å². The standard InChI is InChI=1S/C9H6BrClN2O2/c10-7-2-1-6(3-8(7)11)14-4-9-12-5-15-13-9/h1-3,5H,4H2. The van der Waals surface area contributed by atoms with Crippen molar-refractivity contribution in [3.8, 4) is 5.75 Å². The van der Waals surface area contributed by atoms with Gasteiger partial charge in [-0.25, -0.2) is 0 Å². The van der Waals surface area contributed by atoms with Crippen LogP contribution in [0.25, 0.3) is 0 Å². The first-order chi connectivity index (χ1) is 7.25. The normalized spacial score (nSPS) is 10.3. The van der Waals surface area contributed by atoms with Gasteiger partial charge in [0.15, 0.2) is 6.61 Å². The lowest BCUT2D eigenvalue weighted by molar-refractivity contribution is 0.286. The van der Waals surface area contributed by atoms with E-state index in [-0.39, 0.29) is 6.61 Å². The maximum Gasteiger partial charge on any atom is 0.213 e. The molecule has 78 valence electrons. The Kier molecular flexibility index (Phi) is 3.23. The van der Waals surface area contributed by atoms with Crippen LogP contribution in [0.1, 0.15) is 5.82 Å². The summed E-state index contributed by atoms with van der Waals surface area (Å²) >= 11 is 9.19. The minimum absolute atomic E-state index is 0.258. The number of rotatable bonds is 3. The van der Waals surface area contributed by atoms with Crippen molar-refractivity contribution in [2.75, 3.05) is 0 Å². The van der Waals surface area contributed by atoms with Crippen LogP contribution in [0, 0.1) is 0 Å². The molecule has 1 heterocycles. The van der Waals surface area contributed by atoms with Crippen molar-refractivity contribution in [1.29, 1.82) is 0 Å².